The van der Waals surface area contributed by atoms with Gasteiger partial charge in [-0.15, -0.1) is 0 Å². The number of methoxy groups -OCH3 is 1. The highest BCUT2D eigenvalue weighted by atomic mass is 16.5. The van der Waals surface area contributed by atoms with Crippen LogP contribution in [0.4, 0.5) is 0 Å². The third-order valence-corrected chi connectivity index (χ3v) is 5.41. The van der Waals surface area contributed by atoms with E-state index in [1.54, 1.807) is 7.11 Å². The summed E-state index contributed by atoms with van der Waals surface area (Å²) in [5, 5.41) is 2.99. The highest BCUT2D eigenvalue weighted by Crippen LogP contribution is 2.33. The third-order valence-electron chi connectivity index (χ3n) is 5.41. The average molecular weight is 409 g/mol. The number of rotatable bonds is 5. The quantitative estimate of drug-likeness (QED) is 0.816. The molecule has 0 bridgehead atoms. The summed E-state index contributed by atoms with van der Waals surface area (Å²) >= 11 is 0. The van der Waals surface area contributed by atoms with E-state index in [2.05, 4.69) is 38.2 Å². The van der Waals surface area contributed by atoms with E-state index in [-0.39, 0.29) is 23.1 Å². The van der Waals surface area contributed by atoms with Crippen LogP contribution in [0.25, 0.3) is 11.1 Å². The van der Waals surface area contributed by atoms with Crippen LogP contribution in [0, 0.1) is 11.3 Å². The number of para-hydroxylation sites is 1. The fourth-order valence-electron chi connectivity index (χ4n) is 3.94. The molecule has 2 aromatic carbocycles. The van der Waals surface area contributed by atoms with Crippen molar-refractivity contribution in [3.8, 4) is 16.9 Å². The molecule has 1 fully saturated rings. The smallest absolute Gasteiger partial charge is 0.225 e. The number of hydrogen-bond donors (Lipinski definition) is 1. The molecule has 0 radical (unpaired) electrons. The molecule has 1 heterocycles. The highest BCUT2D eigenvalue weighted by molar-refractivity contribution is 5.83. The van der Waals surface area contributed by atoms with Gasteiger partial charge in [0.15, 0.2) is 0 Å². The average Bonchev–Trinajstić information content (AvgIpc) is 2.89. The lowest BCUT2D eigenvalue weighted by Gasteiger charge is -2.27. The number of nitrogens with one attached hydrogen (secondary N) is 1. The fourth-order valence-corrected chi connectivity index (χ4v) is 3.94. The minimum absolute atomic E-state index is 0.0101. The van der Waals surface area contributed by atoms with Crippen LogP contribution in [-0.2, 0) is 16.0 Å². The lowest BCUT2D eigenvalue weighted by Crippen LogP contribution is -2.38. The highest BCUT2D eigenvalue weighted by Gasteiger charge is 2.30. The number of hydrogen-bond acceptors (Lipinski definition) is 3. The van der Waals surface area contributed by atoms with Gasteiger partial charge in [0.1, 0.15) is 5.75 Å². The Morgan fingerprint density at radius 2 is 1.77 bits per heavy atom. The molecular weight excluding hydrogens is 376 g/mol. The standard InChI is InChI=1S/C25H32N2O3/c1-25(2,3)16-23(28)27-14-13-26-24(29)19(17-27)15-18-9-5-6-10-20(18)21-11-7-8-12-22(21)30-4/h5-12,19H,13-17H2,1-4H3,(H,26,29)/t19-/m1/s1. The number of amides is 2. The summed E-state index contributed by atoms with van der Waals surface area (Å²) < 4.78 is 5.55. The minimum Gasteiger partial charge on any atom is -0.496 e. The largest absolute Gasteiger partial charge is 0.496 e. The van der Waals surface area contributed by atoms with E-state index in [1.165, 1.54) is 0 Å². The Balaban J connectivity index is 1.86. The van der Waals surface area contributed by atoms with E-state index >= 15 is 0 Å². The van der Waals surface area contributed by atoms with Gasteiger partial charge in [-0.05, 0) is 29.0 Å². The van der Waals surface area contributed by atoms with Crippen molar-refractivity contribution in [1.29, 1.82) is 0 Å². The number of carbonyl (C=O) groups excluding carboxylic acids is 2. The van der Waals surface area contributed by atoms with Crippen molar-refractivity contribution < 1.29 is 14.3 Å². The van der Waals surface area contributed by atoms with Gasteiger partial charge in [0.2, 0.25) is 11.8 Å². The molecule has 2 amide bonds. The minimum atomic E-state index is -0.285. The molecule has 0 unspecified atom stereocenters. The number of benzene rings is 2. The molecule has 5 nitrogen and oxygen atoms in total. The molecular formula is C25H32N2O3. The van der Waals surface area contributed by atoms with Crippen LogP contribution in [0.15, 0.2) is 48.5 Å². The molecule has 30 heavy (non-hydrogen) atoms. The first-order chi connectivity index (χ1) is 14.3. The zero-order valence-electron chi connectivity index (χ0n) is 18.4. The predicted molar refractivity (Wildman–Crippen MR) is 119 cm³/mol. The van der Waals surface area contributed by atoms with Gasteiger partial charge in [0.05, 0.1) is 13.0 Å². The van der Waals surface area contributed by atoms with Crippen LogP contribution in [0.2, 0.25) is 0 Å². The van der Waals surface area contributed by atoms with Crippen molar-refractivity contribution >= 4 is 11.8 Å². The zero-order chi connectivity index (χ0) is 21.7. The van der Waals surface area contributed by atoms with Gasteiger partial charge in [-0.2, -0.15) is 0 Å². The number of nitrogens with zero attached hydrogens (tertiary/aromatic N) is 1. The van der Waals surface area contributed by atoms with Crippen molar-refractivity contribution in [1.82, 2.24) is 10.2 Å². The molecule has 1 atom stereocenters. The van der Waals surface area contributed by atoms with Gasteiger partial charge in [-0.25, -0.2) is 0 Å². The first-order valence-corrected chi connectivity index (χ1v) is 10.6. The molecule has 160 valence electrons. The van der Waals surface area contributed by atoms with E-state index < -0.39 is 0 Å². The second-order valence-electron chi connectivity index (χ2n) is 9.13. The molecule has 1 saturated heterocycles. The van der Waals surface area contributed by atoms with Crippen LogP contribution in [0.1, 0.15) is 32.8 Å². The monoisotopic (exact) mass is 408 g/mol. The Hall–Kier alpha value is -2.82. The summed E-state index contributed by atoms with van der Waals surface area (Å²) in [6.45, 7) is 7.69. The van der Waals surface area contributed by atoms with Crippen LogP contribution in [-0.4, -0.2) is 43.5 Å². The summed E-state index contributed by atoms with van der Waals surface area (Å²) in [6.07, 6.45) is 1.05. The molecule has 0 spiro atoms. The summed E-state index contributed by atoms with van der Waals surface area (Å²) in [4.78, 5) is 27.4. The maximum absolute atomic E-state index is 12.8. The summed E-state index contributed by atoms with van der Waals surface area (Å²) in [5.74, 6) is 0.641. The second kappa shape index (κ2) is 9.33. The normalized spacial score (nSPS) is 17.3. The maximum Gasteiger partial charge on any atom is 0.225 e. The van der Waals surface area contributed by atoms with Gasteiger partial charge in [-0.3, -0.25) is 9.59 Å². The molecule has 0 saturated carbocycles. The van der Waals surface area contributed by atoms with Gasteiger partial charge in [0, 0.05) is 31.6 Å². The third kappa shape index (κ3) is 5.41. The van der Waals surface area contributed by atoms with E-state index in [0.717, 1.165) is 22.4 Å². The maximum atomic E-state index is 12.8. The lowest BCUT2D eigenvalue weighted by molar-refractivity contribution is -0.133. The molecule has 2 aromatic rings. The number of ether oxygens (including phenoxy) is 1. The van der Waals surface area contributed by atoms with Crippen LogP contribution >= 0.6 is 0 Å². The molecule has 0 aliphatic carbocycles. The van der Waals surface area contributed by atoms with Crippen molar-refractivity contribution in [2.75, 3.05) is 26.7 Å². The Morgan fingerprint density at radius 1 is 1.10 bits per heavy atom. The van der Waals surface area contributed by atoms with Crippen molar-refractivity contribution in [3.05, 3.63) is 54.1 Å². The molecule has 0 aromatic heterocycles. The van der Waals surface area contributed by atoms with Crippen LogP contribution in [0.5, 0.6) is 5.75 Å². The Bertz CT molecular complexity index is 901. The lowest BCUT2D eigenvalue weighted by atomic mass is 9.90. The summed E-state index contributed by atoms with van der Waals surface area (Å²) in [5.41, 5.74) is 3.06. The van der Waals surface area contributed by atoms with E-state index in [0.29, 0.717) is 32.5 Å². The van der Waals surface area contributed by atoms with Crippen molar-refractivity contribution in [3.63, 3.8) is 0 Å². The second-order valence-corrected chi connectivity index (χ2v) is 9.13. The molecule has 1 aliphatic rings. The topological polar surface area (TPSA) is 58.6 Å². The molecule has 1 N–H and O–H groups in total. The molecule has 3 rings (SSSR count). The predicted octanol–water partition coefficient (Wildman–Crippen LogP) is 3.92. The SMILES string of the molecule is COc1ccccc1-c1ccccc1C[C@@H]1CN(C(=O)CC(C)(C)C)CCNC1=O. The fraction of sp³-hybridized carbons (Fsp3) is 0.440. The Morgan fingerprint density at radius 3 is 2.47 bits per heavy atom. The van der Waals surface area contributed by atoms with E-state index in [9.17, 15) is 9.59 Å². The van der Waals surface area contributed by atoms with Gasteiger partial charge >= 0.3 is 0 Å². The summed E-state index contributed by atoms with van der Waals surface area (Å²) in [7, 11) is 1.67. The molecule has 5 heteroatoms. The summed E-state index contributed by atoms with van der Waals surface area (Å²) in [6, 6.07) is 16.0. The van der Waals surface area contributed by atoms with Gasteiger partial charge in [-0.1, -0.05) is 63.2 Å². The van der Waals surface area contributed by atoms with Gasteiger partial charge in [0.25, 0.3) is 0 Å². The van der Waals surface area contributed by atoms with E-state index in [4.69, 9.17) is 4.74 Å². The first kappa shape index (κ1) is 21.9. The van der Waals surface area contributed by atoms with E-state index in [1.807, 2.05) is 41.3 Å². The Kier molecular flexibility index (Phi) is 6.80. The zero-order valence-corrected chi connectivity index (χ0v) is 18.4. The van der Waals surface area contributed by atoms with Crippen LogP contribution in [0.3, 0.4) is 0 Å². The van der Waals surface area contributed by atoms with Crippen LogP contribution < -0.4 is 10.1 Å². The van der Waals surface area contributed by atoms with Crippen molar-refractivity contribution in [2.24, 2.45) is 11.3 Å². The van der Waals surface area contributed by atoms with Gasteiger partial charge < -0.3 is 15.0 Å². The number of carbonyl (C=O) groups is 2. The Labute approximate surface area is 179 Å². The molecule has 1 aliphatic heterocycles. The van der Waals surface area contributed by atoms with Crippen molar-refractivity contribution in [2.45, 2.75) is 33.6 Å². The first-order valence-electron chi connectivity index (χ1n) is 10.6.